The third kappa shape index (κ3) is 167. The second kappa shape index (κ2) is 102. The molecule has 5 amide bonds. The highest BCUT2D eigenvalue weighted by Gasteiger charge is 2.02. The summed E-state index contributed by atoms with van der Waals surface area (Å²) in [6.45, 7) is 20.5. The molecule has 70 heavy (non-hydrogen) atoms. The molecule has 0 aromatic heterocycles. The number of amidine groups is 3. The van der Waals surface area contributed by atoms with Gasteiger partial charge in [0.15, 0.2) is 0 Å². The van der Waals surface area contributed by atoms with Crippen LogP contribution in [0.25, 0.3) is 0 Å². The minimum atomic E-state index is -0.319. The molecule has 17 nitrogen and oxygen atoms in total. The summed E-state index contributed by atoms with van der Waals surface area (Å²) in [6, 6.07) is 0.0185. The van der Waals surface area contributed by atoms with Crippen molar-refractivity contribution in [2.75, 3.05) is 155 Å². The summed E-state index contributed by atoms with van der Waals surface area (Å²) >= 11 is 0. The van der Waals surface area contributed by atoms with E-state index in [4.69, 9.17) is 0 Å². The van der Waals surface area contributed by atoms with E-state index in [1.807, 2.05) is 84.7 Å². The molecule has 0 saturated carbocycles. The van der Waals surface area contributed by atoms with Crippen molar-refractivity contribution in [3.8, 4) is 0 Å². The SMILES string of the molecule is C.C.C.C.C.C.C.C.C.C.CC(=O)N(C)C.CC(=O)N(C)C.CCCC.CCCC.CCOC.CN(C)C(=O)N(C)C.CN=C(C)N(C)C.CN=C(C)N(C)C.CN=C(C)N(C)C.COC(=O)N(C)C. The summed E-state index contributed by atoms with van der Waals surface area (Å²) in [4.78, 5) is 66.2. The fraction of sp³-hybridized carbons (Fsp3) is 0.868. The maximum absolute atomic E-state index is 10.7. The van der Waals surface area contributed by atoms with Crippen LogP contribution in [0, 0.1) is 0 Å². The van der Waals surface area contributed by atoms with Crippen LogP contribution in [0.5, 0.6) is 0 Å². The van der Waals surface area contributed by atoms with Crippen molar-refractivity contribution in [3.63, 3.8) is 0 Å². The number of rotatable bonds is 3. The molecule has 17 heteroatoms. The van der Waals surface area contributed by atoms with Crippen LogP contribution in [0.3, 0.4) is 0 Å². The first-order valence-corrected chi connectivity index (χ1v) is 20.1. The molecular formula is C53H143N11O6. The summed E-state index contributed by atoms with van der Waals surface area (Å²) in [7, 11) is 37.3. The first-order valence-electron chi connectivity index (χ1n) is 20.1. The van der Waals surface area contributed by atoms with Crippen molar-refractivity contribution >= 4 is 41.4 Å². The molecule has 0 aromatic carbocycles. The van der Waals surface area contributed by atoms with E-state index < -0.39 is 0 Å². The van der Waals surface area contributed by atoms with E-state index in [9.17, 15) is 19.2 Å². The van der Waals surface area contributed by atoms with Gasteiger partial charge in [-0.15, -0.1) is 0 Å². The molecule has 0 aliphatic heterocycles. The maximum atomic E-state index is 10.7. The fourth-order valence-corrected chi connectivity index (χ4v) is 1.18. The molecule has 0 atom stereocenters. The predicted molar refractivity (Wildman–Crippen MR) is 332 cm³/mol. The first kappa shape index (κ1) is 132. The number of nitrogens with zero attached hydrogens (tertiary/aromatic N) is 11. The van der Waals surface area contributed by atoms with Crippen LogP contribution in [-0.2, 0) is 19.1 Å². The lowest BCUT2D eigenvalue weighted by Gasteiger charge is -2.16. The number of hydrogen-bond donors (Lipinski definition) is 0. The molecular weight excluding hydrogens is 887 g/mol. The standard InChI is InChI=1S/C5H12N2O.3C5H12N2.C4H9NO2.2C4H9NO.2C4H10.C3H8O.10CH4/c1-6(2)5(8)7(3)4;3*1-5(6-2)7(3)4;1-5(2)4(6)7-3;2*1-4(6)5(2)3;3*1-3-4-2;;;;;;;;;;/h1-4H3;3*1-4H3;1-3H3;2*1-3H3;2*3-4H2,1-2H3;3H2,1-2H3;10*1H4. The Balaban J connectivity index is -0.0000000218. The van der Waals surface area contributed by atoms with Gasteiger partial charge in [0.25, 0.3) is 0 Å². The average Bonchev–Trinajstić information content (AvgIpc) is 3.20. The van der Waals surface area contributed by atoms with E-state index in [1.54, 1.807) is 98.7 Å². The Morgan fingerprint density at radius 3 is 0.500 bits per heavy atom. The lowest BCUT2D eigenvalue weighted by molar-refractivity contribution is -0.127. The summed E-state index contributed by atoms with van der Waals surface area (Å²) < 4.78 is 8.84. The van der Waals surface area contributed by atoms with E-state index in [0.29, 0.717) is 0 Å². The van der Waals surface area contributed by atoms with Crippen molar-refractivity contribution < 1.29 is 28.7 Å². The highest BCUT2D eigenvalue weighted by Crippen LogP contribution is 1.84. The van der Waals surface area contributed by atoms with Crippen LogP contribution in [0.15, 0.2) is 15.0 Å². The summed E-state index contributed by atoms with van der Waals surface area (Å²) in [5.74, 6) is 3.35. The van der Waals surface area contributed by atoms with Crippen LogP contribution in [0.1, 0.15) is 169 Å². The van der Waals surface area contributed by atoms with Crippen LogP contribution >= 0.6 is 0 Å². The fourth-order valence-electron chi connectivity index (χ4n) is 1.18. The topological polar surface area (TPSA) is 150 Å². The number of urea groups is 1. The number of aliphatic imine (C=N–C) groups is 3. The van der Waals surface area contributed by atoms with E-state index in [-0.39, 0.29) is 98.2 Å². The monoisotopic (exact) mass is 1030 g/mol. The number of carbonyl (C=O) groups is 4. The number of unbranched alkanes of at least 4 members (excludes halogenated alkanes) is 2. The Hall–Kier alpha value is -4.15. The molecule has 0 heterocycles. The lowest BCUT2D eigenvalue weighted by Crippen LogP contribution is -2.33. The van der Waals surface area contributed by atoms with Crippen molar-refractivity contribution in [1.29, 1.82) is 0 Å². The number of hydrogen-bond acceptors (Lipinski definition) is 9. The van der Waals surface area contributed by atoms with Gasteiger partial charge in [0.05, 0.1) is 24.6 Å². The minimum absolute atomic E-state index is 0. The number of methoxy groups -OCH3 is 2. The average molecular weight is 1030 g/mol. The van der Waals surface area contributed by atoms with Crippen molar-refractivity contribution in [3.05, 3.63) is 0 Å². The van der Waals surface area contributed by atoms with Crippen molar-refractivity contribution in [2.45, 2.75) is 169 Å². The molecule has 0 aliphatic rings. The van der Waals surface area contributed by atoms with Gasteiger partial charge < -0.3 is 48.7 Å². The van der Waals surface area contributed by atoms with Crippen LogP contribution in [-0.4, -0.2) is 235 Å². The molecule has 0 aromatic rings. The summed E-state index contributed by atoms with van der Waals surface area (Å²) in [5, 5.41) is 0. The summed E-state index contributed by atoms with van der Waals surface area (Å²) in [6.07, 6.45) is 4.96. The van der Waals surface area contributed by atoms with Gasteiger partial charge in [0.1, 0.15) is 0 Å². The maximum Gasteiger partial charge on any atom is 0.408 e. The van der Waals surface area contributed by atoms with Gasteiger partial charge in [-0.25, -0.2) is 9.59 Å². The molecule has 0 N–H and O–H groups in total. The molecule has 0 fully saturated rings. The smallest absolute Gasteiger partial charge is 0.408 e. The Labute approximate surface area is 446 Å². The molecule has 0 spiro atoms. The van der Waals surface area contributed by atoms with Crippen LogP contribution in [0.4, 0.5) is 9.59 Å². The number of carbonyl (C=O) groups excluding carboxylic acids is 4. The van der Waals surface area contributed by atoms with E-state index in [2.05, 4.69) is 52.1 Å². The normalized spacial score (nSPS) is 7.90. The molecule has 0 saturated heterocycles. The van der Waals surface area contributed by atoms with Gasteiger partial charge in [-0.05, 0) is 27.7 Å². The molecule has 0 radical (unpaired) electrons. The van der Waals surface area contributed by atoms with Gasteiger partial charge in [-0.3, -0.25) is 24.6 Å². The summed E-state index contributed by atoms with van der Waals surface area (Å²) in [5.41, 5.74) is 0. The van der Waals surface area contributed by atoms with Gasteiger partial charge in [-0.1, -0.05) is 128 Å². The van der Waals surface area contributed by atoms with Gasteiger partial charge >= 0.3 is 12.1 Å². The molecule has 0 unspecified atom stereocenters. The van der Waals surface area contributed by atoms with E-state index >= 15 is 0 Å². The molecule has 0 rings (SSSR count). The molecule has 446 valence electrons. The zero-order valence-electron chi connectivity index (χ0n) is 45.4. The van der Waals surface area contributed by atoms with Crippen LogP contribution in [0.2, 0.25) is 0 Å². The van der Waals surface area contributed by atoms with Crippen molar-refractivity contribution in [1.82, 2.24) is 39.2 Å². The van der Waals surface area contributed by atoms with E-state index in [0.717, 1.165) is 24.1 Å². The Morgan fingerprint density at radius 1 is 0.343 bits per heavy atom. The quantitative estimate of drug-likeness (QED) is 0.199. The van der Waals surface area contributed by atoms with Gasteiger partial charge in [-0.2, -0.15) is 0 Å². The molecule has 0 bridgehead atoms. The zero-order valence-corrected chi connectivity index (χ0v) is 45.4. The number of ether oxygens (including phenoxy) is 2. The zero-order chi connectivity index (χ0) is 50.7. The third-order valence-electron chi connectivity index (χ3n) is 6.77. The van der Waals surface area contributed by atoms with Gasteiger partial charge in [0, 0.05) is 161 Å². The number of amides is 5. The van der Waals surface area contributed by atoms with E-state index in [1.165, 1.54) is 71.1 Å². The first-order chi connectivity index (χ1) is 27.3. The molecule has 0 aliphatic carbocycles. The Kier molecular flexibility index (Phi) is 192. The highest BCUT2D eigenvalue weighted by atomic mass is 16.5. The second-order valence-corrected chi connectivity index (χ2v) is 13.8. The lowest BCUT2D eigenvalue weighted by atomic mass is 10.4. The minimum Gasteiger partial charge on any atom is -0.453 e. The predicted octanol–water partition coefficient (Wildman–Crippen LogP) is 13.1. The van der Waals surface area contributed by atoms with Crippen molar-refractivity contribution in [2.24, 2.45) is 15.0 Å². The Morgan fingerprint density at radius 2 is 0.500 bits per heavy atom. The van der Waals surface area contributed by atoms with Crippen LogP contribution < -0.4 is 0 Å². The third-order valence-corrected chi connectivity index (χ3v) is 6.77. The van der Waals surface area contributed by atoms with Gasteiger partial charge in [0.2, 0.25) is 11.8 Å². The second-order valence-electron chi connectivity index (χ2n) is 13.8. The highest BCUT2D eigenvalue weighted by molar-refractivity contribution is 5.79. The largest absolute Gasteiger partial charge is 0.453 e. The Bertz CT molecular complexity index is 922.